The van der Waals surface area contributed by atoms with Crippen LogP contribution < -0.4 is 20.8 Å². The molecule has 2 aliphatic rings. The van der Waals surface area contributed by atoms with E-state index in [1.54, 1.807) is 29.2 Å². The zero-order valence-electron chi connectivity index (χ0n) is 29.0. The first kappa shape index (κ1) is 39.0. The first-order valence-electron chi connectivity index (χ1n) is 17.2. The number of nitrogens with one attached hydrogen (secondary N) is 2. The van der Waals surface area contributed by atoms with E-state index in [9.17, 15) is 41.1 Å². The summed E-state index contributed by atoms with van der Waals surface area (Å²) in [4.78, 5) is 56.1. The van der Waals surface area contributed by atoms with Crippen LogP contribution in [0.25, 0.3) is 11.0 Å². The molecule has 2 aromatic carbocycles. The Kier molecular flexibility index (Phi) is 11.3. The molecule has 5 rings (SSSR count). The number of amides is 3. The third-order valence-electron chi connectivity index (χ3n) is 9.75. The number of hydrogen-bond acceptors (Lipinski definition) is 6. The van der Waals surface area contributed by atoms with E-state index in [1.807, 2.05) is 20.8 Å². The third kappa shape index (κ3) is 8.87. The summed E-state index contributed by atoms with van der Waals surface area (Å²) in [6.07, 6.45) is -5.49. The van der Waals surface area contributed by atoms with Crippen molar-refractivity contribution in [2.45, 2.75) is 96.0 Å². The predicted octanol–water partition coefficient (Wildman–Crippen LogP) is 7.43. The molecule has 1 aliphatic carbocycles. The molecule has 1 saturated carbocycles. The number of carbonyl (C=O) groups is 3. The van der Waals surface area contributed by atoms with Gasteiger partial charge in [-0.25, -0.2) is 0 Å². The molecule has 282 valence electrons. The van der Waals surface area contributed by atoms with Crippen molar-refractivity contribution in [2.24, 2.45) is 11.3 Å². The summed E-state index contributed by atoms with van der Waals surface area (Å²) in [5.41, 5.74) is -1.61. The highest BCUT2D eigenvalue weighted by molar-refractivity contribution is 6.30. The first-order valence-corrected chi connectivity index (χ1v) is 17.5. The van der Waals surface area contributed by atoms with Gasteiger partial charge in [-0.05, 0) is 88.3 Å². The van der Waals surface area contributed by atoms with Crippen LogP contribution in [-0.2, 0) is 16.0 Å². The summed E-state index contributed by atoms with van der Waals surface area (Å²) in [5.74, 6) is -2.64. The van der Waals surface area contributed by atoms with Crippen molar-refractivity contribution in [1.29, 1.82) is 0 Å². The summed E-state index contributed by atoms with van der Waals surface area (Å²) >= 11 is 6.06. The Bertz CT molecular complexity index is 1840. The number of nitrogens with zero attached hydrogens (tertiary/aromatic N) is 1. The molecule has 1 aromatic heterocycles. The van der Waals surface area contributed by atoms with Crippen molar-refractivity contribution < 1.29 is 45.5 Å². The van der Waals surface area contributed by atoms with Crippen LogP contribution in [0.3, 0.4) is 0 Å². The van der Waals surface area contributed by atoms with Crippen LogP contribution in [0.15, 0.2) is 57.7 Å². The van der Waals surface area contributed by atoms with E-state index in [1.165, 1.54) is 0 Å². The lowest BCUT2D eigenvalue weighted by Crippen LogP contribution is -2.59. The molecule has 1 saturated heterocycles. The molecule has 2 heterocycles. The molecule has 0 radical (unpaired) electrons. The molecule has 2 fully saturated rings. The second-order valence-electron chi connectivity index (χ2n) is 14.6. The lowest BCUT2D eigenvalue weighted by atomic mass is 9.63. The zero-order valence-corrected chi connectivity index (χ0v) is 29.8. The van der Waals surface area contributed by atoms with Crippen LogP contribution in [0.4, 0.5) is 22.0 Å². The fourth-order valence-corrected chi connectivity index (χ4v) is 7.22. The third-order valence-corrected chi connectivity index (χ3v) is 10.0. The number of ether oxygens (including phenoxy) is 1. The SMILES string of the molecule is CC(C)(C)NC(=O)C1(C2CCCCC2)CCN(C(=O)[C@@H](Cc2ccc(Cl)cc2)NC(=O)c2cc(=O)c3cc(OC(F)(F)C(F)(F)F)ccc3o2)CC1. The van der Waals surface area contributed by atoms with E-state index in [4.69, 9.17) is 16.0 Å². The highest BCUT2D eigenvalue weighted by Gasteiger charge is 2.61. The molecule has 0 spiro atoms. The van der Waals surface area contributed by atoms with Crippen LogP contribution in [0.5, 0.6) is 5.75 Å². The Morgan fingerprint density at radius 3 is 2.19 bits per heavy atom. The van der Waals surface area contributed by atoms with Crippen molar-refractivity contribution >= 4 is 40.3 Å². The first-order chi connectivity index (χ1) is 24.3. The quantitative estimate of drug-likeness (QED) is 0.220. The van der Waals surface area contributed by atoms with Gasteiger partial charge in [0.1, 0.15) is 17.4 Å². The normalized spacial score (nSPS) is 17.8. The van der Waals surface area contributed by atoms with Gasteiger partial charge in [0.2, 0.25) is 11.8 Å². The maximum absolute atomic E-state index is 14.2. The van der Waals surface area contributed by atoms with E-state index in [0.717, 1.165) is 50.3 Å². The number of carbonyl (C=O) groups excluding carboxylic acids is 3. The molecule has 3 aromatic rings. The predicted molar refractivity (Wildman–Crippen MR) is 183 cm³/mol. The number of halogens is 6. The standard InChI is InChI=1S/C37H41ClF5N3O6/c1-34(2,3)45-33(50)35(23-7-5-4-6-8-23)15-17-46(18-16-35)32(49)27(19-22-9-11-24(38)12-10-22)44-31(48)30-21-28(47)26-20-25(13-14-29(26)51-30)52-37(42,43)36(39,40)41/h9-14,20-21,23,27H,4-8,15-19H2,1-3H3,(H,44,48)(H,45,50)/t27-/m1/s1. The summed E-state index contributed by atoms with van der Waals surface area (Å²) in [7, 11) is 0. The van der Waals surface area contributed by atoms with E-state index >= 15 is 0 Å². The average molecular weight is 754 g/mol. The van der Waals surface area contributed by atoms with Gasteiger partial charge in [0.05, 0.1) is 10.8 Å². The van der Waals surface area contributed by atoms with Crippen molar-refractivity contribution in [3.8, 4) is 5.75 Å². The lowest BCUT2D eigenvalue weighted by molar-refractivity contribution is -0.360. The van der Waals surface area contributed by atoms with Gasteiger partial charge in [-0.1, -0.05) is 43.0 Å². The minimum absolute atomic E-state index is 0.0101. The second-order valence-corrected chi connectivity index (χ2v) is 15.1. The number of benzene rings is 2. The van der Waals surface area contributed by atoms with Gasteiger partial charge in [0, 0.05) is 36.1 Å². The average Bonchev–Trinajstić information content (AvgIpc) is 3.07. The topological polar surface area (TPSA) is 118 Å². The Morgan fingerprint density at radius 2 is 1.60 bits per heavy atom. The van der Waals surface area contributed by atoms with E-state index in [-0.39, 0.29) is 36.9 Å². The fourth-order valence-electron chi connectivity index (χ4n) is 7.09. The molecule has 2 N–H and O–H groups in total. The van der Waals surface area contributed by atoms with E-state index < -0.39 is 63.4 Å². The van der Waals surface area contributed by atoms with Crippen LogP contribution in [0.1, 0.15) is 81.8 Å². The fraction of sp³-hybridized carbons (Fsp3) is 0.514. The summed E-state index contributed by atoms with van der Waals surface area (Å²) < 4.78 is 74.1. The van der Waals surface area contributed by atoms with Gasteiger partial charge in [-0.15, -0.1) is 0 Å². The number of piperidine rings is 1. The molecule has 0 bridgehead atoms. The number of hydrogen-bond donors (Lipinski definition) is 2. The van der Waals surface area contributed by atoms with Crippen molar-refractivity contribution in [3.05, 3.63) is 75.1 Å². The molecule has 15 heteroatoms. The molecule has 9 nitrogen and oxygen atoms in total. The second kappa shape index (κ2) is 15.0. The van der Waals surface area contributed by atoms with Crippen molar-refractivity contribution in [3.63, 3.8) is 0 Å². The van der Waals surface area contributed by atoms with Crippen molar-refractivity contribution in [1.82, 2.24) is 15.5 Å². The highest BCUT2D eigenvalue weighted by atomic mass is 35.5. The van der Waals surface area contributed by atoms with Gasteiger partial charge in [0.25, 0.3) is 5.91 Å². The van der Waals surface area contributed by atoms with Gasteiger partial charge >= 0.3 is 12.3 Å². The molecular weight excluding hydrogens is 713 g/mol. The Labute approximate surface area is 302 Å². The van der Waals surface area contributed by atoms with Crippen LogP contribution in [0.2, 0.25) is 5.02 Å². The molecule has 1 atom stereocenters. The maximum Gasteiger partial charge on any atom is 0.499 e. The number of fused-ring (bicyclic) bond motifs is 1. The van der Waals surface area contributed by atoms with Crippen LogP contribution in [-0.4, -0.2) is 59.6 Å². The monoisotopic (exact) mass is 753 g/mol. The highest BCUT2D eigenvalue weighted by Crippen LogP contribution is 2.46. The molecule has 52 heavy (non-hydrogen) atoms. The van der Waals surface area contributed by atoms with Gasteiger partial charge in [0.15, 0.2) is 11.2 Å². The Hall–Kier alpha value is -4.20. The van der Waals surface area contributed by atoms with Crippen molar-refractivity contribution in [2.75, 3.05) is 13.1 Å². The molecule has 3 amide bonds. The largest absolute Gasteiger partial charge is 0.499 e. The summed E-state index contributed by atoms with van der Waals surface area (Å²) in [6, 6.07) is 8.61. The minimum Gasteiger partial charge on any atom is -0.451 e. The van der Waals surface area contributed by atoms with Crippen LogP contribution in [0, 0.1) is 11.3 Å². The zero-order chi connectivity index (χ0) is 38.1. The lowest BCUT2D eigenvalue weighted by Gasteiger charge is -2.48. The van der Waals surface area contributed by atoms with E-state index in [0.29, 0.717) is 29.5 Å². The minimum atomic E-state index is -6.00. The molecule has 1 aliphatic heterocycles. The molecule has 0 unspecified atom stereocenters. The maximum atomic E-state index is 14.2. The van der Waals surface area contributed by atoms with Gasteiger partial charge < -0.3 is 24.7 Å². The van der Waals surface area contributed by atoms with Gasteiger partial charge in [-0.3, -0.25) is 19.2 Å². The van der Waals surface area contributed by atoms with Crippen LogP contribution >= 0.6 is 11.6 Å². The van der Waals surface area contributed by atoms with Gasteiger partial charge in [-0.2, -0.15) is 22.0 Å². The molecular formula is C37H41ClF5N3O6. The summed E-state index contributed by atoms with van der Waals surface area (Å²) in [5, 5.41) is 5.89. The number of alkyl halides is 5. The van der Waals surface area contributed by atoms with E-state index in [2.05, 4.69) is 15.4 Å². The smallest absolute Gasteiger partial charge is 0.451 e. The Morgan fingerprint density at radius 1 is 0.962 bits per heavy atom. The number of rotatable bonds is 9. The Balaban J connectivity index is 1.37. The summed E-state index contributed by atoms with van der Waals surface area (Å²) in [6.45, 7) is 6.37. The number of likely N-dealkylation sites (tertiary alicyclic amines) is 1.